The molecule has 0 aliphatic rings. The summed E-state index contributed by atoms with van der Waals surface area (Å²) in [4.78, 5) is 20.1. The summed E-state index contributed by atoms with van der Waals surface area (Å²) >= 11 is 0. The van der Waals surface area contributed by atoms with Crippen LogP contribution < -0.4 is 4.90 Å². The summed E-state index contributed by atoms with van der Waals surface area (Å²) in [6, 6.07) is 0. The van der Waals surface area contributed by atoms with Crippen LogP contribution in [-0.4, -0.2) is 28.0 Å². The van der Waals surface area contributed by atoms with E-state index in [1.807, 2.05) is 18.7 Å². The molecular weight excluding hydrogens is 196 g/mol. The molecule has 6 heteroatoms. The quantitative estimate of drug-likeness (QED) is 0.556. The maximum absolute atomic E-state index is 10.9. The Balaban J connectivity index is 3.27. The Morgan fingerprint density at radius 2 is 2.00 bits per heavy atom. The molecule has 0 saturated heterocycles. The van der Waals surface area contributed by atoms with E-state index in [-0.39, 0.29) is 5.69 Å². The van der Waals surface area contributed by atoms with E-state index in [2.05, 4.69) is 9.97 Å². The van der Waals surface area contributed by atoms with Gasteiger partial charge in [0.15, 0.2) is 0 Å². The fourth-order valence-corrected chi connectivity index (χ4v) is 1.42. The molecule has 0 unspecified atom stereocenters. The molecule has 0 fully saturated rings. The van der Waals surface area contributed by atoms with Gasteiger partial charge in [-0.2, -0.15) is 0 Å². The van der Waals surface area contributed by atoms with Gasteiger partial charge in [-0.25, -0.2) is 9.97 Å². The molecule has 1 aromatic heterocycles. The van der Waals surface area contributed by atoms with Crippen molar-refractivity contribution >= 4 is 11.5 Å². The van der Waals surface area contributed by atoms with Crippen molar-refractivity contribution < 1.29 is 4.92 Å². The summed E-state index contributed by atoms with van der Waals surface area (Å²) in [5, 5.41) is 10.9. The predicted molar refractivity (Wildman–Crippen MR) is 57.0 cm³/mol. The molecule has 0 aromatic carbocycles. The molecule has 0 amide bonds. The Hall–Kier alpha value is -1.72. The third-order valence-corrected chi connectivity index (χ3v) is 2.23. The van der Waals surface area contributed by atoms with Gasteiger partial charge in [0.1, 0.15) is 12.0 Å². The van der Waals surface area contributed by atoms with Crippen molar-refractivity contribution in [3.63, 3.8) is 0 Å². The van der Waals surface area contributed by atoms with Crippen LogP contribution in [0.15, 0.2) is 6.33 Å². The summed E-state index contributed by atoms with van der Waals surface area (Å²) in [5.74, 6) is 0.400. The van der Waals surface area contributed by atoms with Crippen molar-refractivity contribution in [2.24, 2.45) is 0 Å². The Morgan fingerprint density at radius 1 is 1.40 bits per heavy atom. The van der Waals surface area contributed by atoms with E-state index in [9.17, 15) is 10.1 Å². The van der Waals surface area contributed by atoms with E-state index in [1.165, 1.54) is 6.33 Å². The van der Waals surface area contributed by atoms with Gasteiger partial charge >= 0.3 is 5.69 Å². The molecule has 0 aliphatic carbocycles. The van der Waals surface area contributed by atoms with Crippen molar-refractivity contribution in [2.45, 2.75) is 20.8 Å². The van der Waals surface area contributed by atoms with Crippen LogP contribution in [0.5, 0.6) is 0 Å². The van der Waals surface area contributed by atoms with E-state index in [4.69, 9.17) is 0 Å². The van der Waals surface area contributed by atoms with Gasteiger partial charge < -0.3 is 4.90 Å². The average Bonchev–Trinajstić information content (AvgIpc) is 2.19. The van der Waals surface area contributed by atoms with Gasteiger partial charge in [-0.3, -0.25) is 10.1 Å². The van der Waals surface area contributed by atoms with Crippen molar-refractivity contribution in [1.29, 1.82) is 0 Å². The summed E-state index contributed by atoms with van der Waals surface area (Å²) < 4.78 is 0. The first-order chi connectivity index (χ1) is 7.11. The minimum Gasteiger partial charge on any atom is -0.351 e. The standard InChI is InChI=1S/C9H14N4O2/c1-4-12(5-2)9-8(13(14)15)7(3)10-6-11-9/h6H,4-5H2,1-3H3. The van der Waals surface area contributed by atoms with Crippen LogP contribution in [0, 0.1) is 17.0 Å². The summed E-state index contributed by atoms with van der Waals surface area (Å²) in [6.45, 7) is 6.86. The number of aryl methyl sites for hydroxylation is 1. The van der Waals surface area contributed by atoms with Crippen LogP contribution >= 0.6 is 0 Å². The minimum absolute atomic E-state index is 0.00111. The van der Waals surface area contributed by atoms with Crippen molar-refractivity contribution in [1.82, 2.24) is 9.97 Å². The van der Waals surface area contributed by atoms with E-state index in [1.54, 1.807) is 6.92 Å². The molecule has 1 heterocycles. The Bertz CT molecular complexity index is 363. The molecule has 0 atom stereocenters. The van der Waals surface area contributed by atoms with Gasteiger partial charge in [0.25, 0.3) is 0 Å². The molecule has 15 heavy (non-hydrogen) atoms. The average molecular weight is 210 g/mol. The zero-order valence-electron chi connectivity index (χ0n) is 9.10. The normalized spacial score (nSPS) is 10.1. The number of aromatic nitrogens is 2. The topological polar surface area (TPSA) is 72.2 Å². The maximum Gasteiger partial charge on any atom is 0.332 e. The number of nitrogens with zero attached hydrogens (tertiary/aromatic N) is 4. The summed E-state index contributed by atoms with van der Waals surface area (Å²) in [5.41, 5.74) is 0.401. The Labute approximate surface area is 88.1 Å². The molecule has 0 N–H and O–H groups in total. The highest BCUT2D eigenvalue weighted by Gasteiger charge is 2.22. The Kier molecular flexibility index (Phi) is 3.54. The van der Waals surface area contributed by atoms with Crippen LogP contribution in [0.2, 0.25) is 0 Å². The van der Waals surface area contributed by atoms with Crippen LogP contribution in [0.4, 0.5) is 11.5 Å². The minimum atomic E-state index is -0.428. The monoisotopic (exact) mass is 210 g/mol. The number of hydrogen-bond acceptors (Lipinski definition) is 5. The number of anilines is 1. The molecule has 1 aromatic rings. The fourth-order valence-electron chi connectivity index (χ4n) is 1.42. The first kappa shape index (κ1) is 11.4. The third kappa shape index (κ3) is 2.20. The first-order valence-electron chi connectivity index (χ1n) is 4.82. The maximum atomic E-state index is 10.9. The molecule has 0 bridgehead atoms. The van der Waals surface area contributed by atoms with Crippen molar-refractivity contribution in [3.05, 3.63) is 22.1 Å². The highest BCUT2D eigenvalue weighted by molar-refractivity contribution is 5.59. The van der Waals surface area contributed by atoms with Crippen molar-refractivity contribution in [2.75, 3.05) is 18.0 Å². The van der Waals surface area contributed by atoms with Crippen LogP contribution in [0.3, 0.4) is 0 Å². The summed E-state index contributed by atoms with van der Waals surface area (Å²) in [7, 11) is 0. The van der Waals surface area contributed by atoms with Crippen LogP contribution in [-0.2, 0) is 0 Å². The Morgan fingerprint density at radius 3 is 2.47 bits per heavy atom. The lowest BCUT2D eigenvalue weighted by atomic mass is 10.3. The van der Waals surface area contributed by atoms with E-state index in [0.717, 1.165) is 0 Å². The van der Waals surface area contributed by atoms with Gasteiger partial charge in [0.05, 0.1) is 4.92 Å². The van der Waals surface area contributed by atoms with E-state index < -0.39 is 4.92 Å². The first-order valence-corrected chi connectivity index (χ1v) is 4.82. The zero-order valence-corrected chi connectivity index (χ0v) is 9.10. The highest BCUT2D eigenvalue weighted by atomic mass is 16.6. The van der Waals surface area contributed by atoms with Gasteiger partial charge in [0, 0.05) is 13.1 Å². The third-order valence-electron chi connectivity index (χ3n) is 2.23. The number of hydrogen-bond donors (Lipinski definition) is 0. The molecule has 82 valence electrons. The molecular formula is C9H14N4O2. The SMILES string of the molecule is CCN(CC)c1ncnc(C)c1[N+](=O)[O-]. The van der Waals surface area contributed by atoms with Gasteiger partial charge in [-0.1, -0.05) is 0 Å². The molecule has 0 aliphatic heterocycles. The lowest BCUT2D eigenvalue weighted by Crippen LogP contribution is -2.24. The lowest BCUT2D eigenvalue weighted by Gasteiger charge is -2.19. The molecule has 6 nitrogen and oxygen atoms in total. The molecule has 0 saturated carbocycles. The predicted octanol–water partition coefficient (Wildman–Crippen LogP) is 1.54. The zero-order chi connectivity index (χ0) is 11.4. The van der Waals surface area contributed by atoms with Crippen LogP contribution in [0.25, 0.3) is 0 Å². The second kappa shape index (κ2) is 4.68. The van der Waals surface area contributed by atoms with Crippen molar-refractivity contribution in [3.8, 4) is 0 Å². The van der Waals surface area contributed by atoms with Gasteiger partial charge in [0.2, 0.25) is 5.82 Å². The molecule has 0 spiro atoms. The number of rotatable bonds is 4. The molecule has 1 rings (SSSR count). The second-order valence-electron chi connectivity index (χ2n) is 3.06. The second-order valence-corrected chi connectivity index (χ2v) is 3.06. The van der Waals surface area contributed by atoms with E-state index >= 15 is 0 Å². The van der Waals surface area contributed by atoms with Gasteiger partial charge in [-0.05, 0) is 20.8 Å². The lowest BCUT2D eigenvalue weighted by molar-refractivity contribution is -0.385. The van der Waals surface area contributed by atoms with Crippen LogP contribution in [0.1, 0.15) is 19.5 Å². The smallest absolute Gasteiger partial charge is 0.332 e. The number of nitro groups is 1. The summed E-state index contributed by atoms with van der Waals surface area (Å²) in [6.07, 6.45) is 1.36. The fraction of sp³-hybridized carbons (Fsp3) is 0.556. The van der Waals surface area contributed by atoms with E-state index in [0.29, 0.717) is 24.6 Å². The molecule has 0 radical (unpaired) electrons. The van der Waals surface area contributed by atoms with Gasteiger partial charge in [-0.15, -0.1) is 0 Å². The highest BCUT2D eigenvalue weighted by Crippen LogP contribution is 2.26. The largest absolute Gasteiger partial charge is 0.351 e.